The minimum absolute atomic E-state index is 0.683. The number of aryl methyl sites for hydroxylation is 1. The Hall–Kier alpha value is -1.53. The van der Waals surface area contributed by atoms with Crippen molar-refractivity contribution in [1.82, 2.24) is 19.9 Å². The van der Waals surface area contributed by atoms with Gasteiger partial charge in [-0.3, -0.25) is 4.90 Å². The molecule has 2 aromatic heterocycles. The number of hydrogen-bond donors (Lipinski definition) is 0. The zero-order valence-electron chi connectivity index (χ0n) is 14.8. The van der Waals surface area contributed by atoms with Crippen molar-refractivity contribution in [2.75, 3.05) is 31.1 Å². The number of fused-ring (bicyclic) bond motifs is 1. The van der Waals surface area contributed by atoms with Gasteiger partial charge in [-0.2, -0.15) is 0 Å². The average molecular weight is 356 g/mol. The molecule has 0 radical (unpaired) electrons. The fourth-order valence-electron chi connectivity index (χ4n) is 4.57. The van der Waals surface area contributed by atoms with E-state index in [2.05, 4.69) is 37.7 Å². The van der Waals surface area contributed by atoms with Crippen LogP contribution in [0, 0.1) is 18.8 Å². The first-order chi connectivity index (χ1) is 12.2. The average Bonchev–Trinajstić information content (AvgIpc) is 3.21. The summed E-state index contributed by atoms with van der Waals surface area (Å²) in [5, 5.41) is 1.17. The molecule has 2 aromatic rings. The van der Waals surface area contributed by atoms with E-state index in [1.54, 1.807) is 6.33 Å². The lowest BCUT2D eigenvalue weighted by molar-refractivity contribution is 0.311. The Kier molecular flexibility index (Phi) is 3.97. The number of hydrogen-bond acceptors (Lipinski definition) is 6. The molecule has 2 unspecified atom stereocenters. The molecular weight excluding hydrogens is 330 g/mol. The minimum Gasteiger partial charge on any atom is -0.356 e. The monoisotopic (exact) mass is 355 g/mol. The summed E-state index contributed by atoms with van der Waals surface area (Å²) in [6.45, 7) is 7.85. The van der Waals surface area contributed by atoms with Gasteiger partial charge < -0.3 is 4.90 Å². The third kappa shape index (κ3) is 3.06. The van der Waals surface area contributed by atoms with E-state index < -0.39 is 0 Å². The van der Waals surface area contributed by atoms with Crippen molar-refractivity contribution in [3.8, 4) is 0 Å². The van der Waals surface area contributed by atoms with Gasteiger partial charge in [-0.1, -0.05) is 6.42 Å². The molecule has 3 fully saturated rings. The number of nitrogens with zero attached hydrogens (tertiary/aromatic N) is 5. The highest BCUT2D eigenvalue weighted by Crippen LogP contribution is 2.38. The summed E-state index contributed by atoms with van der Waals surface area (Å²) in [5.74, 6) is 3.38. The molecule has 132 valence electrons. The molecule has 1 saturated carbocycles. The number of aromatic nitrogens is 3. The highest BCUT2D eigenvalue weighted by Gasteiger charge is 2.40. The molecule has 1 aliphatic carbocycles. The van der Waals surface area contributed by atoms with Crippen LogP contribution in [0.4, 0.5) is 5.82 Å². The number of rotatable bonds is 4. The first-order valence-corrected chi connectivity index (χ1v) is 10.3. The largest absolute Gasteiger partial charge is 0.356 e. The molecule has 4 heterocycles. The second-order valence-electron chi connectivity index (χ2n) is 7.89. The third-order valence-corrected chi connectivity index (χ3v) is 7.03. The second-order valence-corrected chi connectivity index (χ2v) is 9.21. The Morgan fingerprint density at radius 3 is 2.52 bits per heavy atom. The summed E-state index contributed by atoms with van der Waals surface area (Å²) in [5.41, 5.74) is 1.26. The minimum atomic E-state index is 0.683. The van der Waals surface area contributed by atoms with E-state index in [1.165, 1.54) is 47.9 Å². The van der Waals surface area contributed by atoms with Crippen LogP contribution in [0.1, 0.15) is 40.8 Å². The van der Waals surface area contributed by atoms with Crippen LogP contribution in [-0.4, -0.2) is 46.0 Å². The van der Waals surface area contributed by atoms with Crippen LogP contribution in [-0.2, 0) is 6.54 Å². The van der Waals surface area contributed by atoms with Gasteiger partial charge >= 0.3 is 0 Å². The first-order valence-electron chi connectivity index (χ1n) is 9.45. The lowest BCUT2D eigenvalue weighted by Crippen LogP contribution is -2.29. The summed E-state index contributed by atoms with van der Waals surface area (Å²) in [7, 11) is 0. The zero-order valence-corrected chi connectivity index (χ0v) is 15.6. The maximum atomic E-state index is 4.57. The Morgan fingerprint density at radius 2 is 1.88 bits per heavy atom. The van der Waals surface area contributed by atoms with Crippen molar-refractivity contribution in [2.24, 2.45) is 11.8 Å². The van der Waals surface area contributed by atoms with Crippen LogP contribution in [0.3, 0.4) is 0 Å². The summed E-state index contributed by atoms with van der Waals surface area (Å²) in [4.78, 5) is 20.0. The van der Waals surface area contributed by atoms with E-state index in [0.29, 0.717) is 5.92 Å². The van der Waals surface area contributed by atoms with Gasteiger partial charge in [0.1, 0.15) is 12.1 Å². The Bertz CT molecular complexity index is 742. The van der Waals surface area contributed by atoms with Crippen molar-refractivity contribution < 1.29 is 0 Å². The summed E-state index contributed by atoms with van der Waals surface area (Å²) >= 11 is 1.83. The van der Waals surface area contributed by atoms with Crippen LogP contribution in [0.5, 0.6) is 0 Å². The molecule has 25 heavy (non-hydrogen) atoms. The van der Waals surface area contributed by atoms with Crippen LogP contribution in [0.15, 0.2) is 18.6 Å². The highest BCUT2D eigenvalue weighted by atomic mass is 32.1. The number of likely N-dealkylation sites (tertiary alicyclic amines) is 1. The Labute approximate surface area is 153 Å². The van der Waals surface area contributed by atoms with E-state index >= 15 is 0 Å². The summed E-state index contributed by atoms with van der Waals surface area (Å²) in [6.07, 6.45) is 7.77. The highest BCUT2D eigenvalue weighted by molar-refractivity contribution is 7.11. The molecule has 2 atom stereocenters. The molecule has 0 N–H and O–H groups in total. The van der Waals surface area contributed by atoms with Gasteiger partial charge in [-0.25, -0.2) is 15.0 Å². The predicted molar refractivity (Wildman–Crippen MR) is 99.9 cm³/mol. The van der Waals surface area contributed by atoms with Crippen molar-refractivity contribution >= 4 is 17.2 Å². The number of thiazole rings is 1. The topological polar surface area (TPSA) is 45.2 Å². The van der Waals surface area contributed by atoms with Crippen LogP contribution in [0.2, 0.25) is 0 Å². The molecule has 0 aromatic carbocycles. The fraction of sp³-hybridized carbons (Fsp3) is 0.632. The van der Waals surface area contributed by atoms with Crippen LogP contribution in [0.25, 0.3) is 0 Å². The molecule has 0 bridgehead atoms. The van der Waals surface area contributed by atoms with Crippen molar-refractivity contribution in [2.45, 2.75) is 38.6 Å². The number of anilines is 1. The Balaban J connectivity index is 1.22. The maximum absolute atomic E-state index is 4.57. The maximum Gasteiger partial charge on any atom is 0.132 e. The van der Waals surface area contributed by atoms with Crippen LogP contribution >= 0.6 is 11.3 Å². The van der Waals surface area contributed by atoms with Crippen molar-refractivity contribution in [1.29, 1.82) is 0 Å². The summed E-state index contributed by atoms with van der Waals surface area (Å²) in [6, 6.07) is 2.25. The molecule has 2 aliphatic heterocycles. The standard InChI is InChI=1S/C19H25N5S/c1-13-20-6-17(25-13)11-23-7-15-9-24(10-16(15)8-23)19-5-18(21-12-22-19)14-3-2-4-14/h5-6,12,14-16H,2-4,7-11H2,1H3. The predicted octanol–water partition coefficient (Wildman–Crippen LogP) is 3.08. The molecule has 0 amide bonds. The normalized spacial score (nSPS) is 26.8. The van der Waals surface area contributed by atoms with Gasteiger partial charge in [0, 0.05) is 61.5 Å². The van der Waals surface area contributed by atoms with E-state index in [9.17, 15) is 0 Å². The molecule has 5 nitrogen and oxygen atoms in total. The van der Waals surface area contributed by atoms with Gasteiger partial charge in [-0.15, -0.1) is 11.3 Å². The molecular formula is C19H25N5S. The molecule has 5 rings (SSSR count). The SMILES string of the molecule is Cc1ncc(CN2CC3CN(c4cc(C5CCC5)ncn4)CC3C2)s1. The van der Waals surface area contributed by atoms with Gasteiger partial charge in [0.05, 0.1) is 5.01 Å². The van der Waals surface area contributed by atoms with E-state index in [4.69, 9.17) is 0 Å². The van der Waals surface area contributed by atoms with E-state index in [0.717, 1.165) is 37.3 Å². The quantitative estimate of drug-likeness (QED) is 0.843. The molecule has 3 aliphatic rings. The van der Waals surface area contributed by atoms with Crippen LogP contribution < -0.4 is 4.90 Å². The smallest absolute Gasteiger partial charge is 0.132 e. The molecule has 2 saturated heterocycles. The lowest BCUT2D eigenvalue weighted by atomic mass is 9.83. The third-order valence-electron chi connectivity index (χ3n) is 6.13. The zero-order chi connectivity index (χ0) is 16.8. The van der Waals surface area contributed by atoms with Crippen molar-refractivity contribution in [3.05, 3.63) is 34.2 Å². The van der Waals surface area contributed by atoms with Gasteiger partial charge in [0.2, 0.25) is 0 Å². The summed E-state index contributed by atoms with van der Waals surface area (Å²) < 4.78 is 0. The molecule has 6 heteroatoms. The van der Waals surface area contributed by atoms with Crippen molar-refractivity contribution in [3.63, 3.8) is 0 Å². The fourth-order valence-corrected chi connectivity index (χ4v) is 5.40. The molecule has 0 spiro atoms. The first kappa shape index (κ1) is 15.7. The second kappa shape index (κ2) is 6.32. The van der Waals surface area contributed by atoms with E-state index in [1.807, 2.05) is 17.5 Å². The van der Waals surface area contributed by atoms with Gasteiger partial charge in [0.15, 0.2) is 0 Å². The lowest BCUT2D eigenvalue weighted by Gasteiger charge is -2.26. The van der Waals surface area contributed by atoms with Gasteiger partial charge in [0.25, 0.3) is 0 Å². The van der Waals surface area contributed by atoms with Gasteiger partial charge in [-0.05, 0) is 31.6 Å². The Morgan fingerprint density at radius 1 is 1.08 bits per heavy atom. The van der Waals surface area contributed by atoms with E-state index in [-0.39, 0.29) is 0 Å².